The standard InChI is InChI=1S/C23H23N3O5/c1-4-17-6-5-7-18(12-17)26-23-19-13-21(31-11-10-29-16(2)27)22(30-9-8-28-3)14-20(19)24-15-25-23/h1,5-7,12-15H,8-11H2,2-3H3,(H,24,25,26). The van der Waals surface area contributed by atoms with E-state index in [4.69, 9.17) is 25.4 Å². The molecular weight excluding hydrogens is 398 g/mol. The van der Waals surface area contributed by atoms with E-state index in [1.807, 2.05) is 24.3 Å². The maximum Gasteiger partial charge on any atom is 0.302 e. The van der Waals surface area contributed by atoms with E-state index in [1.165, 1.54) is 13.3 Å². The number of methoxy groups -OCH3 is 1. The van der Waals surface area contributed by atoms with E-state index in [1.54, 1.807) is 19.2 Å². The molecule has 0 fully saturated rings. The van der Waals surface area contributed by atoms with Crippen molar-refractivity contribution in [2.45, 2.75) is 6.92 Å². The number of esters is 1. The van der Waals surface area contributed by atoms with Crippen LogP contribution in [0.4, 0.5) is 11.5 Å². The van der Waals surface area contributed by atoms with Crippen molar-refractivity contribution in [2.24, 2.45) is 0 Å². The first kappa shape index (κ1) is 21.9. The van der Waals surface area contributed by atoms with Gasteiger partial charge in [0.05, 0.1) is 12.1 Å². The van der Waals surface area contributed by atoms with Gasteiger partial charge in [-0.1, -0.05) is 12.0 Å². The summed E-state index contributed by atoms with van der Waals surface area (Å²) < 4.78 is 21.6. The lowest BCUT2D eigenvalue weighted by atomic mass is 10.2. The van der Waals surface area contributed by atoms with Gasteiger partial charge < -0.3 is 24.3 Å². The number of terminal acetylenes is 1. The summed E-state index contributed by atoms with van der Waals surface area (Å²) in [6, 6.07) is 11.0. The van der Waals surface area contributed by atoms with Gasteiger partial charge in [-0.25, -0.2) is 9.97 Å². The third kappa shape index (κ3) is 6.07. The zero-order valence-electron chi connectivity index (χ0n) is 17.4. The number of carbonyl (C=O) groups is 1. The molecule has 3 rings (SSSR count). The van der Waals surface area contributed by atoms with Crippen LogP contribution >= 0.6 is 0 Å². The number of nitrogens with one attached hydrogen (secondary N) is 1. The van der Waals surface area contributed by atoms with Crippen LogP contribution in [0.5, 0.6) is 11.5 Å². The van der Waals surface area contributed by atoms with Gasteiger partial charge >= 0.3 is 5.97 Å². The number of hydrogen-bond acceptors (Lipinski definition) is 8. The van der Waals surface area contributed by atoms with E-state index in [0.29, 0.717) is 36.0 Å². The summed E-state index contributed by atoms with van der Waals surface area (Å²) >= 11 is 0. The van der Waals surface area contributed by atoms with E-state index < -0.39 is 0 Å². The molecule has 0 spiro atoms. The van der Waals surface area contributed by atoms with Crippen molar-refractivity contribution >= 4 is 28.4 Å². The van der Waals surface area contributed by atoms with Crippen LogP contribution in [-0.2, 0) is 14.3 Å². The fourth-order valence-electron chi connectivity index (χ4n) is 2.78. The Morgan fingerprint density at radius 2 is 1.84 bits per heavy atom. The highest BCUT2D eigenvalue weighted by Gasteiger charge is 2.13. The number of carbonyl (C=O) groups excluding carboxylic acids is 1. The maximum absolute atomic E-state index is 11.0. The number of fused-ring (bicyclic) bond motifs is 1. The van der Waals surface area contributed by atoms with E-state index in [0.717, 1.165) is 16.6 Å². The molecule has 0 saturated heterocycles. The van der Waals surface area contributed by atoms with E-state index in [-0.39, 0.29) is 19.2 Å². The van der Waals surface area contributed by atoms with E-state index in [2.05, 4.69) is 21.2 Å². The third-order valence-corrected chi connectivity index (χ3v) is 4.18. The van der Waals surface area contributed by atoms with Gasteiger partial charge in [0.2, 0.25) is 0 Å². The van der Waals surface area contributed by atoms with Crippen LogP contribution in [0.15, 0.2) is 42.7 Å². The number of hydrogen-bond donors (Lipinski definition) is 1. The second-order valence-electron chi connectivity index (χ2n) is 6.42. The summed E-state index contributed by atoms with van der Waals surface area (Å²) in [5.74, 6) is 3.82. The van der Waals surface area contributed by atoms with E-state index >= 15 is 0 Å². The number of benzene rings is 2. The molecule has 8 heteroatoms. The first-order valence-corrected chi connectivity index (χ1v) is 9.61. The molecule has 0 amide bonds. The Morgan fingerprint density at radius 3 is 2.58 bits per heavy atom. The SMILES string of the molecule is C#Cc1cccc(Nc2ncnc3cc(OCCOC)c(OCCOC(C)=O)cc23)c1. The fourth-order valence-corrected chi connectivity index (χ4v) is 2.78. The van der Waals surface area contributed by atoms with Crippen LogP contribution in [0.25, 0.3) is 10.9 Å². The number of nitrogens with zero attached hydrogens (tertiary/aromatic N) is 2. The van der Waals surface area contributed by atoms with Gasteiger partial charge in [0.1, 0.15) is 32.0 Å². The van der Waals surface area contributed by atoms with Gasteiger partial charge in [0.15, 0.2) is 11.5 Å². The molecule has 160 valence electrons. The predicted octanol–water partition coefficient (Wildman–Crippen LogP) is 3.32. The van der Waals surface area contributed by atoms with Crippen molar-refractivity contribution in [3.8, 4) is 23.8 Å². The van der Waals surface area contributed by atoms with Crippen LogP contribution in [0.2, 0.25) is 0 Å². The Labute approximate surface area is 180 Å². The molecule has 1 aromatic heterocycles. The Morgan fingerprint density at radius 1 is 1.06 bits per heavy atom. The zero-order valence-corrected chi connectivity index (χ0v) is 17.4. The summed E-state index contributed by atoms with van der Waals surface area (Å²) in [6.45, 7) is 2.41. The maximum atomic E-state index is 11.0. The molecule has 0 unspecified atom stereocenters. The molecule has 0 saturated carbocycles. The first-order chi connectivity index (χ1) is 15.1. The Balaban J connectivity index is 1.91. The fraction of sp³-hybridized carbons (Fsp3) is 0.261. The number of aromatic nitrogens is 2. The highest BCUT2D eigenvalue weighted by molar-refractivity contribution is 5.93. The molecule has 0 aliphatic heterocycles. The van der Waals surface area contributed by atoms with Crippen molar-refractivity contribution in [1.82, 2.24) is 9.97 Å². The van der Waals surface area contributed by atoms with Gasteiger partial charge in [-0.15, -0.1) is 6.42 Å². The van der Waals surface area contributed by atoms with Gasteiger partial charge in [0.25, 0.3) is 0 Å². The third-order valence-electron chi connectivity index (χ3n) is 4.18. The van der Waals surface area contributed by atoms with Gasteiger partial charge in [-0.2, -0.15) is 0 Å². The quantitative estimate of drug-likeness (QED) is 0.303. The lowest BCUT2D eigenvalue weighted by Gasteiger charge is -2.15. The summed E-state index contributed by atoms with van der Waals surface area (Å²) in [4.78, 5) is 19.7. The number of rotatable bonds is 10. The zero-order chi connectivity index (χ0) is 22.1. The van der Waals surface area contributed by atoms with Crippen molar-refractivity contribution in [1.29, 1.82) is 0 Å². The molecule has 0 aliphatic carbocycles. The Hall–Kier alpha value is -3.83. The largest absolute Gasteiger partial charge is 0.487 e. The second kappa shape index (κ2) is 10.8. The number of anilines is 2. The lowest BCUT2D eigenvalue weighted by Crippen LogP contribution is -2.11. The topological polar surface area (TPSA) is 91.8 Å². The summed E-state index contributed by atoms with van der Waals surface area (Å²) in [6.07, 6.45) is 6.96. The van der Waals surface area contributed by atoms with E-state index in [9.17, 15) is 4.79 Å². The first-order valence-electron chi connectivity index (χ1n) is 9.61. The highest BCUT2D eigenvalue weighted by Crippen LogP contribution is 2.35. The van der Waals surface area contributed by atoms with Gasteiger partial charge in [-0.3, -0.25) is 4.79 Å². The van der Waals surface area contributed by atoms with Crippen molar-refractivity contribution < 1.29 is 23.7 Å². The average molecular weight is 421 g/mol. The Bertz CT molecular complexity index is 1090. The molecule has 1 heterocycles. The monoisotopic (exact) mass is 421 g/mol. The highest BCUT2D eigenvalue weighted by atomic mass is 16.6. The average Bonchev–Trinajstić information content (AvgIpc) is 2.77. The molecule has 0 aliphatic rings. The van der Waals surface area contributed by atoms with Crippen molar-refractivity contribution in [2.75, 3.05) is 38.9 Å². The molecular formula is C23H23N3O5. The molecule has 2 aromatic carbocycles. The van der Waals surface area contributed by atoms with Crippen molar-refractivity contribution in [3.63, 3.8) is 0 Å². The smallest absolute Gasteiger partial charge is 0.302 e. The summed E-state index contributed by atoms with van der Waals surface area (Å²) in [7, 11) is 1.60. The minimum Gasteiger partial charge on any atom is -0.487 e. The summed E-state index contributed by atoms with van der Waals surface area (Å²) in [5.41, 5.74) is 2.23. The second-order valence-corrected chi connectivity index (χ2v) is 6.42. The lowest BCUT2D eigenvalue weighted by molar-refractivity contribution is -0.141. The molecule has 31 heavy (non-hydrogen) atoms. The number of ether oxygens (including phenoxy) is 4. The molecule has 0 atom stereocenters. The van der Waals surface area contributed by atoms with Crippen LogP contribution in [0.1, 0.15) is 12.5 Å². The predicted molar refractivity (Wildman–Crippen MR) is 117 cm³/mol. The molecule has 0 radical (unpaired) electrons. The minimum atomic E-state index is -0.368. The van der Waals surface area contributed by atoms with Crippen LogP contribution in [-0.4, -0.2) is 49.5 Å². The Kier molecular flexibility index (Phi) is 7.62. The molecule has 0 bridgehead atoms. The van der Waals surface area contributed by atoms with Crippen LogP contribution in [0.3, 0.4) is 0 Å². The van der Waals surface area contributed by atoms with Gasteiger partial charge in [-0.05, 0) is 24.3 Å². The minimum absolute atomic E-state index is 0.125. The summed E-state index contributed by atoms with van der Waals surface area (Å²) in [5, 5.41) is 4.00. The van der Waals surface area contributed by atoms with Crippen LogP contribution < -0.4 is 14.8 Å². The molecule has 1 N–H and O–H groups in total. The molecule has 3 aromatic rings. The van der Waals surface area contributed by atoms with Crippen molar-refractivity contribution in [3.05, 3.63) is 48.3 Å². The normalized spacial score (nSPS) is 10.4. The van der Waals surface area contributed by atoms with Gasteiger partial charge in [0, 0.05) is 36.7 Å². The molecule has 8 nitrogen and oxygen atoms in total. The van der Waals surface area contributed by atoms with Crippen LogP contribution in [0, 0.1) is 12.3 Å².